The molecule has 28 heavy (non-hydrogen) atoms. The van der Waals surface area contributed by atoms with Gasteiger partial charge in [-0.3, -0.25) is 14.7 Å². The van der Waals surface area contributed by atoms with E-state index in [0.29, 0.717) is 5.69 Å². The summed E-state index contributed by atoms with van der Waals surface area (Å²) in [5, 5.41) is 5.08. The second kappa shape index (κ2) is 7.62. The van der Waals surface area contributed by atoms with Gasteiger partial charge in [0.05, 0.1) is 15.6 Å². The fraction of sp³-hybridized carbons (Fsp3) is 0.158. The fourth-order valence-corrected chi connectivity index (χ4v) is 5.14. The highest BCUT2D eigenvalue weighted by Gasteiger charge is 2.34. The Balaban J connectivity index is 2.22. The number of benzene rings is 1. The highest BCUT2D eigenvalue weighted by Crippen LogP contribution is 2.42. The molecule has 1 aromatic carbocycles. The number of sulfone groups is 1. The molecular weight excluding hydrogens is 420 g/mol. The van der Waals surface area contributed by atoms with E-state index in [1.54, 1.807) is 0 Å². The lowest BCUT2D eigenvalue weighted by Gasteiger charge is -2.12. The van der Waals surface area contributed by atoms with Gasteiger partial charge in [0.1, 0.15) is 5.56 Å². The van der Waals surface area contributed by atoms with Gasteiger partial charge in [-0.1, -0.05) is 43.1 Å². The monoisotopic (exact) mass is 436 g/mol. The molecule has 0 bridgehead atoms. The van der Waals surface area contributed by atoms with Gasteiger partial charge in [-0.25, -0.2) is 13.1 Å². The van der Waals surface area contributed by atoms with Crippen LogP contribution in [-0.2, 0) is 9.84 Å². The van der Waals surface area contributed by atoms with Gasteiger partial charge in [0.2, 0.25) is 5.78 Å². The predicted octanol–water partition coefficient (Wildman–Crippen LogP) is 4.19. The molecule has 0 amide bonds. The maximum atomic E-state index is 13.2. The number of H-pyrrole nitrogens is 1. The van der Waals surface area contributed by atoms with Crippen molar-refractivity contribution in [1.29, 1.82) is 0 Å². The summed E-state index contributed by atoms with van der Waals surface area (Å²) in [6.45, 7) is 10.5. The van der Waals surface area contributed by atoms with Gasteiger partial charge in [-0.15, -0.1) is 0 Å². The van der Waals surface area contributed by atoms with Gasteiger partial charge < -0.3 is 0 Å². The number of thioether (sulfide) groups is 1. The first kappa shape index (κ1) is 20.4. The van der Waals surface area contributed by atoms with Crippen molar-refractivity contribution in [2.24, 2.45) is 0 Å². The van der Waals surface area contributed by atoms with Crippen LogP contribution in [0.15, 0.2) is 57.3 Å². The molecule has 0 unspecified atom stereocenters. The number of hydrogen-bond donors (Lipinski definition) is 1. The molecule has 0 aliphatic heterocycles. The first-order valence-corrected chi connectivity index (χ1v) is 11.1. The quantitative estimate of drug-likeness (QED) is 0.495. The zero-order valence-corrected chi connectivity index (χ0v) is 17.2. The van der Waals surface area contributed by atoms with Crippen LogP contribution < -0.4 is 5.56 Å². The van der Waals surface area contributed by atoms with Crippen LogP contribution in [0, 0.1) is 0 Å². The minimum absolute atomic E-state index is 0.00168. The molecule has 0 atom stereocenters. The van der Waals surface area contributed by atoms with Crippen LogP contribution >= 0.6 is 23.4 Å². The number of ketones is 1. The average Bonchev–Trinajstić information content (AvgIpc) is 3.46. The number of carbonyl (C=O) groups is 1. The third kappa shape index (κ3) is 3.43. The molecule has 0 saturated heterocycles. The zero-order chi connectivity index (χ0) is 20.6. The van der Waals surface area contributed by atoms with Gasteiger partial charge >= 0.3 is 0 Å². The Bertz CT molecular complexity index is 1170. The molecule has 0 spiro atoms. The first-order valence-electron chi connectivity index (χ1n) is 8.26. The Morgan fingerprint density at radius 3 is 2.50 bits per heavy atom. The number of nitrogens with one attached hydrogen (secondary N) is 1. The van der Waals surface area contributed by atoms with Gasteiger partial charge in [0.15, 0.2) is 9.84 Å². The Kier molecular flexibility index (Phi) is 5.56. The molecule has 1 N–H and O–H groups in total. The molecule has 1 saturated carbocycles. The number of halogens is 1. The molecule has 0 radical (unpaired) electrons. The lowest BCUT2D eigenvalue weighted by atomic mass is 10.0. The number of rotatable bonds is 8. The summed E-state index contributed by atoms with van der Waals surface area (Å²) >= 11 is 7.39. The van der Waals surface area contributed by atoms with E-state index in [2.05, 4.69) is 24.8 Å². The Hall–Kier alpha value is -2.29. The fourth-order valence-electron chi connectivity index (χ4n) is 2.84. The summed E-state index contributed by atoms with van der Waals surface area (Å²) in [6, 6.07) is 2.60. The third-order valence-electron chi connectivity index (χ3n) is 4.37. The molecular formula is C19H17ClN2O4S2. The minimum atomic E-state index is -3.79. The molecule has 1 heterocycles. The topological polar surface area (TPSA) is 89.0 Å². The summed E-state index contributed by atoms with van der Waals surface area (Å²) in [6.07, 6.45) is 3.05. The highest BCUT2D eigenvalue weighted by atomic mass is 35.5. The molecule has 1 aromatic heterocycles. The van der Waals surface area contributed by atoms with Crippen molar-refractivity contribution in [3.63, 3.8) is 0 Å². The molecule has 1 fully saturated rings. The van der Waals surface area contributed by atoms with Crippen LogP contribution in [0.3, 0.4) is 0 Å². The van der Waals surface area contributed by atoms with E-state index in [0.717, 1.165) is 34.7 Å². The number of aromatic nitrogens is 2. The van der Waals surface area contributed by atoms with Crippen molar-refractivity contribution in [3.05, 3.63) is 74.9 Å². The number of aromatic amines is 1. The SMILES string of the molecule is C=CSc1c(S(=O)(=O)C=C)ccc(C(=O)c2c(C3CC3)[nH]n(C=C)c2=O)c1Cl. The van der Waals surface area contributed by atoms with Gasteiger partial charge in [0, 0.05) is 28.0 Å². The first-order chi connectivity index (χ1) is 13.3. The summed E-state index contributed by atoms with van der Waals surface area (Å²) < 4.78 is 25.7. The number of carbonyl (C=O) groups excluding carboxylic acids is 1. The van der Waals surface area contributed by atoms with Crippen LogP contribution in [0.4, 0.5) is 0 Å². The van der Waals surface area contributed by atoms with E-state index in [9.17, 15) is 18.0 Å². The smallest absolute Gasteiger partial charge is 0.282 e. The second-order valence-corrected chi connectivity index (χ2v) is 9.33. The normalized spacial score (nSPS) is 13.9. The van der Waals surface area contributed by atoms with Crippen LogP contribution in [0.1, 0.15) is 40.4 Å². The molecule has 9 heteroatoms. The van der Waals surface area contributed by atoms with Crippen molar-refractivity contribution < 1.29 is 13.2 Å². The van der Waals surface area contributed by atoms with Crippen molar-refractivity contribution in [2.45, 2.75) is 28.6 Å². The Morgan fingerprint density at radius 2 is 1.96 bits per heavy atom. The summed E-state index contributed by atoms with van der Waals surface area (Å²) in [7, 11) is -3.79. The number of nitrogens with zero attached hydrogens (tertiary/aromatic N) is 1. The Morgan fingerprint density at radius 1 is 1.29 bits per heavy atom. The molecule has 1 aliphatic carbocycles. The largest absolute Gasteiger partial charge is 0.295 e. The van der Waals surface area contributed by atoms with Gasteiger partial charge in [-0.05, 0) is 30.4 Å². The van der Waals surface area contributed by atoms with E-state index in [1.165, 1.54) is 23.7 Å². The highest BCUT2D eigenvalue weighted by molar-refractivity contribution is 8.03. The second-order valence-electron chi connectivity index (χ2n) is 6.11. The molecule has 3 rings (SSSR count). The van der Waals surface area contributed by atoms with Gasteiger partial charge in [0.25, 0.3) is 5.56 Å². The lowest BCUT2D eigenvalue weighted by Crippen LogP contribution is -2.19. The van der Waals surface area contributed by atoms with E-state index >= 15 is 0 Å². The van der Waals surface area contributed by atoms with E-state index in [4.69, 9.17) is 11.6 Å². The van der Waals surface area contributed by atoms with Crippen LogP contribution in [0.25, 0.3) is 6.20 Å². The van der Waals surface area contributed by atoms with Crippen molar-refractivity contribution in [3.8, 4) is 0 Å². The van der Waals surface area contributed by atoms with Gasteiger partial charge in [-0.2, -0.15) is 0 Å². The molecule has 1 aliphatic rings. The minimum Gasteiger partial charge on any atom is -0.295 e. The van der Waals surface area contributed by atoms with E-state index in [-0.39, 0.29) is 31.9 Å². The van der Waals surface area contributed by atoms with Crippen LogP contribution in [0.5, 0.6) is 0 Å². The maximum Gasteiger partial charge on any atom is 0.282 e. The van der Waals surface area contributed by atoms with Crippen molar-refractivity contribution in [2.75, 3.05) is 0 Å². The Labute approximate surface area is 171 Å². The third-order valence-corrected chi connectivity index (χ3v) is 7.22. The summed E-state index contributed by atoms with van der Waals surface area (Å²) in [5.41, 5.74) is 0.0757. The van der Waals surface area contributed by atoms with Crippen molar-refractivity contribution in [1.82, 2.24) is 9.78 Å². The number of hydrogen-bond acceptors (Lipinski definition) is 5. The van der Waals surface area contributed by atoms with E-state index < -0.39 is 21.2 Å². The predicted molar refractivity (Wildman–Crippen MR) is 112 cm³/mol. The molecule has 146 valence electrons. The van der Waals surface area contributed by atoms with Crippen molar-refractivity contribution >= 4 is 45.2 Å². The summed E-state index contributed by atoms with van der Waals surface area (Å²) in [4.78, 5) is 25.9. The van der Waals surface area contributed by atoms with Crippen LogP contribution in [-0.4, -0.2) is 24.0 Å². The molecule has 6 nitrogen and oxygen atoms in total. The molecule has 2 aromatic rings. The lowest BCUT2D eigenvalue weighted by molar-refractivity contribution is 0.103. The zero-order valence-electron chi connectivity index (χ0n) is 14.8. The summed E-state index contributed by atoms with van der Waals surface area (Å²) in [5.74, 6) is -0.462. The van der Waals surface area contributed by atoms with E-state index in [1.807, 2.05) is 0 Å². The maximum absolute atomic E-state index is 13.2. The standard InChI is InChI=1S/C19H17ClN2O4S2/c1-4-22-19(24)14(16(21-22)11-7-8-11)17(23)12-9-10-13(28(25,26)6-3)18(15(12)20)27-5-2/h4-6,9-11,21H,1-3,7-8H2. The van der Waals surface area contributed by atoms with Crippen LogP contribution in [0.2, 0.25) is 5.02 Å². The average molecular weight is 437 g/mol.